The van der Waals surface area contributed by atoms with E-state index >= 15 is 0 Å². The number of unbranched alkanes of at least 4 members (excludes halogenated alkanes) is 3. The number of anilines is 2. The lowest BCUT2D eigenvalue weighted by Gasteiger charge is -2.22. The minimum Gasteiger partial charge on any atom is -0.494 e. The molecule has 0 aliphatic carbocycles. The lowest BCUT2D eigenvalue weighted by Crippen LogP contribution is -2.37. The molecule has 4 heterocycles. The summed E-state index contributed by atoms with van der Waals surface area (Å²) in [6, 6.07) is 28.3. The Morgan fingerprint density at radius 1 is 0.609 bits per heavy atom. The van der Waals surface area contributed by atoms with Crippen molar-refractivity contribution in [1.82, 2.24) is 0 Å². The highest BCUT2D eigenvalue weighted by Gasteiger charge is 2.38. The van der Waals surface area contributed by atoms with E-state index < -0.39 is 0 Å². The molecule has 0 unspecified atom stereocenters. The van der Waals surface area contributed by atoms with Gasteiger partial charge in [-0.3, -0.25) is 34.2 Å². The van der Waals surface area contributed by atoms with Gasteiger partial charge in [-0.1, -0.05) is 56.2 Å². The lowest BCUT2D eigenvalue weighted by molar-refractivity contribution is -0.119. The van der Waals surface area contributed by atoms with Crippen molar-refractivity contribution >= 4 is 52.8 Å². The Bertz CT molecular complexity index is 2500. The molecule has 0 saturated heterocycles. The number of ether oxygens (including phenoxy) is 5. The molecular formula is C52H52N4O8. The van der Waals surface area contributed by atoms with E-state index in [0.29, 0.717) is 89.3 Å². The number of nitrogens with zero attached hydrogens (tertiary/aromatic N) is 4. The van der Waals surface area contributed by atoms with E-state index in [1.54, 1.807) is 48.3 Å². The fourth-order valence-corrected chi connectivity index (χ4v) is 8.99. The van der Waals surface area contributed by atoms with Crippen LogP contribution < -0.4 is 33.5 Å². The fourth-order valence-electron chi connectivity index (χ4n) is 8.99. The fraction of sp³-hybridized carbons (Fsp3) is 0.327. The summed E-state index contributed by atoms with van der Waals surface area (Å²) in [5.74, 6) is 2.35. The summed E-state index contributed by atoms with van der Waals surface area (Å²) < 4.78 is 30.7. The second-order valence-electron chi connectivity index (χ2n) is 16.6. The number of carbonyl (C=O) groups excluding carboxylic acids is 3. The molecule has 12 nitrogen and oxygen atoms in total. The van der Waals surface area contributed by atoms with Gasteiger partial charge in [0.2, 0.25) is 0 Å². The van der Waals surface area contributed by atoms with E-state index in [-0.39, 0.29) is 37.1 Å². The monoisotopic (exact) mass is 860 g/mol. The Balaban J connectivity index is 0.936. The molecule has 5 aromatic carbocycles. The third-order valence-electron chi connectivity index (χ3n) is 12.3. The number of carbonyl (C=O) groups is 3. The zero-order valence-electron chi connectivity index (χ0n) is 36.5. The number of Topliss-reactive ketones (excluding diaryl/α,β-unsaturated/α-hetero) is 1. The second-order valence-corrected chi connectivity index (χ2v) is 16.6. The summed E-state index contributed by atoms with van der Waals surface area (Å²) >= 11 is 0. The van der Waals surface area contributed by atoms with Crippen molar-refractivity contribution in [1.29, 1.82) is 0 Å². The van der Waals surface area contributed by atoms with Gasteiger partial charge in [-0.05, 0) is 84.0 Å². The highest BCUT2D eigenvalue weighted by molar-refractivity contribution is 6.15. The first-order chi connectivity index (χ1) is 31.3. The van der Waals surface area contributed by atoms with E-state index in [4.69, 9.17) is 33.7 Å². The van der Waals surface area contributed by atoms with Crippen LogP contribution in [-0.2, 0) is 30.8 Å². The van der Waals surface area contributed by atoms with Gasteiger partial charge in [0.25, 0.3) is 11.8 Å². The summed E-state index contributed by atoms with van der Waals surface area (Å²) in [6.45, 7) is 2.86. The standard InChI is InChI=1S/C52H52N4O8/c1-4-5-6-15-39(57)16-11-12-19-62-40-21-33(31-63-49-27-43-41(25-47(49)60-2)51(58)55-37(29-53-43)23-35-13-7-9-17-45(35)55)20-34(22-40)32-64-50-28-44-42(26-48(50)61-3)52(59)56-38(30-54-44)24-36-14-8-10-18-46(36)56/h7-10,13-14,17-18,20-22,25-30,37-38H,4-6,11-12,15-16,19,23-24,31-32H2,1-3H3/t37-,38-/m0/s1. The summed E-state index contributed by atoms with van der Waals surface area (Å²) in [6.07, 6.45) is 10.8. The van der Waals surface area contributed by atoms with Crippen LogP contribution in [0.5, 0.6) is 28.7 Å². The molecule has 0 N–H and O–H groups in total. The Labute approximate surface area is 373 Å². The highest BCUT2D eigenvalue weighted by Crippen LogP contribution is 2.43. The van der Waals surface area contributed by atoms with Crippen LogP contribution >= 0.6 is 0 Å². The molecule has 64 heavy (non-hydrogen) atoms. The van der Waals surface area contributed by atoms with Gasteiger partial charge in [0, 0.05) is 61.6 Å². The van der Waals surface area contributed by atoms with Gasteiger partial charge in [0.05, 0.1) is 55.4 Å². The van der Waals surface area contributed by atoms with E-state index in [2.05, 4.69) is 6.92 Å². The maximum Gasteiger partial charge on any atom is 0.261 e. The molecule has 12 heteroatoms. The molecule has 9 rings (SSSR count). The van der Waals surface area contributed by atoms with Gasteiger partial charge in [0.15, 0.2) is 23.0 Å². The van der Waals surface area contributed by atoms with Crippen LogP contribution in [0, 0.1) is 0 Å². The molecule has 0 fully saturated rings. The van der Waals surface area contributed by atoms with Gasteiger partial charge >= 0.3 is 0 Å². The number of methoxy groups -OCH3 is 2. The Morgan fingerprint density at radius 3 is 1.61 bits per heavy atom. The maximum atomic E-state index is 14.0. The summed E-state index contributed by atoms with van der Waals surface area (Å²) in [5.41, 5.74) is 7.51. The van der Waals surface area contributed by atoms with Crippen molar-refractivity contribution < 1.29 is 38.1 Å². The number of hydrogen-bond acceptors (Lipinski definition) is 10. The first kappa shape index (κ1) is 42.4. The number of amides is 2. The van der Waals surface area contributed by atoms with E-state index in [1.165, 1.54) is 0 Å². The predicted octanol–water partition coefficient (Wildman–Crippen LogP) is 10.1. The normalized spacial score (nSPS) is 16.5. The highest BCUT2D eigenvalue weighted by atomic mass is 16.5. The van der Waals surface area contributed by atoms with Crippen molar-refractivity contribution in [3.8, 4) is 28.7 Å². The van der Waals surface area contributed by atoms with Crippen molar-refractivity contribution in [3.63, 3.8) is 0 Å². The first-order valence-corrected chi connectivity index (χ1v) is 22.2. The summed E-state index contributed by atoms with van der Waals surface area (Å²) in [4.78, 5) is 53.5. The van der Waals surface area contributed by atoms with Crippen LogP contribution in [0.25, 0.3) is 0 Å². The Kier molecular flexibility index (Phi) is 12.4. The molecule has 2 amide bonds. The van der Waals surface area contributed by atoms with Crippen molar-refractivity contribution in [3.05, 3.63) is 124 Å². The number of ketones is 1. The molecule has 0 bridgehead atoms. The van der Waals surface area contributed by atoms with Gasteiger partial charge in [0.1, 0.15) is 24.7 Å². The van der Waals surface area contributed by atoms with Gasteiger partial charge < -0.3 is 23.7 Å². The first-order valence-electron chi connectivity index (χ1n) is 22.2. The number of fused-ring (bicyclic) bond motifs is 8. The molecule has 328 valence electrons. The SMILES string of the molecule is CCCCCC(=O)CCCCOc1cc(COc2cc3c(cc2OC)C(=O)N2c4ccccc4C[C@H]2C=N3)cc(COc2cc3c(cc2OC)C(=O)N2c4ccccc4C[C@H]2C=N3)c1. The van der Waals surface area contributed by atoms with Crippen LogP contribution in [0.3, 0.4) is 0 Å². The summed E-state index contributed by atoms with van der Waals surface area (Å²) in [7, 11) is 3.10. The van der Waals surface area contributed by atoms with E-state index in [1.807, 2.05) is 79.2 Å². The topological polar surface area (TPSA) is 129 Å². The number of benzene rings is 5. The number of aliphatic imine (C=N–C) groups is 2. The quantitative estimate of drug-likeness (QED) is 0.0797. The van der Waals surface area contributed by atoms with Crippen molar-refractivity contribution in [2.75, 3.05) is 30.6 Å². The van der Waals surface area contributed by atoms with Gasteiger partial charge in [-0.2, -0.15) is 0 Å². The van der Waals surface area contributed by atoms with Crippen LogP contribution in [0.15, 0.2) is 101 Å². The van der Waals surface area contributed by atoms with Gasteiger partial charge in [-0.25, -0.2) is 0 Å². The molecule has 4 aliphatic rings. The number of hydrogen-bond donors (Lipinski definition) is 0. The minimum atomic E-state index is -0.181. The molecule has 0 radical (unpaired) electrons. The smallest absolute Gasteiger partial charge is 0.261 e. The van der Waals surface area contributed by atoms with Crippen LogP contribution in [0.2, 0.25) is 0 Å². The lowest BCUT2D eigenvalue weighted by atomic mass is 10.1. The number of para-hydroxylation sites is 2. The molecule has 2 atom stereocenters. The molecular weight excluding hydrogens is 809 g/mol. The largest absolute Gasteiger partial charge is 0.494 e. The summed E-state index contributed by atoms with van der Waals surface area (Å²) in [5, 5.41) is 0. The van der Waals surface area contributed by atoms with Crippen molar-refractivity contribution in [2.45, 2.75) is 90.0 Å². The molecule has 0 saturated carbocycles. The predicted molar refractivity (Wildman–Crippen MR) is 247 cm³/mol. The van der Waals surface area contributed by atoms with E-state index in [9.17, 15) is 14.4 Å². The second kappa shape index (κ2) is 18.8. The number of rotatable bonds is 18. The van der Waals surface area contributed by atoms with Crippen LogP contribution in [-0.4, -0.2) is 62.9 Å². The molecule has 4 aliphatic heterocycles. The average molecular weight is 861 g/mol. The zero-order chi connectivity index (χ0) is 44.2. The average Bonchev–Trinajstić information content (AvgIpc) is 3.81. The molecule has 0 aromatic heterocycles. The zero-order valence-corrected chi connectivity index (χ0v) is 36.5. The van der Waals surface area contributed by atoms with Crippen molar-refractivity contribution in [2.24, 2.45) is 9.98 Å². The maximum absolute atomic E-state index is 14.0. The Morgan fingerprint density at radius 2 is 1.11 bits per heavy atom. The Hall–Kier alpha value is -6.95. The minimum absolute atomic E-state index is 0.140. The van der Waals surface area contributed by atoms with Gasteiger partial charge in [-0.15, -0.1) is 0 Å². The molecule has 5 aromatic rings. The van der Waals surface area contributed by atoms with Crippen LogP contribution in [0.4, 0.5) is 22.7 Å². The van der Waals surface area contributed by atoms with Crippen LogP contribution in [0.1, 0.15) is 94.8 Å². The third kappa shape index (κ3) is 8.69. The molecule has 0 spiro atoms. The third-order valence-corrected chi connectivity index (χ3v) is 12.3. The van der Waals surface area contributed by atoms with E-state index in [0.717, 1.165) is 65.7 Å².